The molecular weight excluding hydrogens is 498 g/mol. The van der Waals surface area contributed by atoms with Crippen molar-refractivity contribution in [1.29, 1.82) is 0 Å². The van der Waals surface area contributed by atoms with Gasteiger partial charge in [0.2, 0.25) is 11.8 Å². The standard InChI is InChI=1S/C29H41N3O5Si/c1-29(2,3)38(5,6)37-19-20-12-14-22(15-13-20)36-18-8-10-21-9-7-11-23-26(21)31(4)28(35)32(23)24-16-17-25(33)30-27(24)34/h7,9,11,20,22,24H,12-19H2,1-6H3,(H,30,33,34)/t20-,22-,24?. The van der Waals surface area contributed by atoms with Crippen molar-refractivity contribution in [3.05, 3.63) is 34.2 Å². The van der Waals surface area contributed by atoms with Crippen LogP contribution >= 0.6 is 0 Å². The largest absolute Gasteiger partial charge is 0.417 e. The highest BCUT2D eigenvalue weighted by Crippen LogP contribution is 2.38. The fraction of sp³-hybridized carbons (Fsp3) is 0.621. The maximum atomic E-state index is 13.1. The van der Waals surface area contributed by atoms with Gasteiger partial charge in [-0.2, -0.15) is 0 Å². The Bertz CT molecular complexity index is 1320. The van der Waals surface area contributed by atoms with Gasteiger partial charge in [-0.05, 0) is 68.3 Å². The molecule has 2 aliphatic rings. The van der Waals surface area contributed by atoms with E-state index < -0.39 is 20.3 Å². The number of hydrogen-bond acceptors (Lipinski definition) is 5. The Morgan fingerprint density at radius 1 is 1.08 bits per heavy atom. The summed E-state index contributed by atoms with van der Waals surface area (Å²) in [4.78, 5) is 37.1. The Labute approximate surface area is 226 Å². The number of imide groups is 1. The quantitative estimate of drug-likeness (QED) is 0.336. The van der Waals surface area contributed by atoms with Gasteiger partial charge < -0.3 is 9.16 Å². The summed E-state index contributed by atoms with van der Waals surface area (Å²) < 4.78 is 15.5. The number of nitrogens with zero attached hydrogens (tertiary/aromatic N) is 2. The number of carbonyl (C=O) groups is 2. The SMILES string of the molecule is Cn1c(=O)n(C2CCC(=O)NC2=O)c2cccc(C#CCO[C@H]3CC[C@H](CO[Si](C)(C)C(C)(C)C)CC3)c21. The van der Waals surface area contributed by atoms with E-state index in [4.69, 9.17) is 9.16 Å². The number of nitrogens with one attached hydrogen (secondary N) is 1. The summed E-state index contributed by atoms with van der Waals surface area (Å²) in [5, 5.41) is 2.57. The molecule has 8 nitrogen and oxygen atoms in total. The third-order valence-corrected chi connectivity index (χ3v) is 13.0. The van der Waals surface area contributed by atoms with E-state index in [1.807, 2.05) is 18.2 Å². The molecule has 0 radical (unpaired) electrons. The lowest BCUT2D eigenvalue weighted by Crippen LogP contribution is -2.44. The fourth-order valence-electron chi connectivity index (χ4n) is 5.07. The first-order valence-electron chi connectivity index (χ1n) is 13.7. The minimum Gasteiger partial charge on any atom is -0.417 e. The van der Waals surface area contributed by atoms with Crippen molar-refractivity contribution in [3.63, 3.8) is 0 Å². The van der Waals surface area contributed by atoms with Crippen LogP contribution in [0.25, 0.3) is 11.0 Å². The van der Waals surface area contributed by atoms with E-state index in [9.17, 15) is 14.4 Å². The first kappa shape index (κ1) is 28.3. The highest BCUT2D eigenvalue weighted by molar-refractivity contribution is 6.74. The van der Waals surface area contributed by atoms with E-state index in [1.54, 1.807) is 7.05 Å². The van der Waals surface area contributed by atoms with Crippen LogP contribution in [0.15, 0.2) is 23.0 Å². The Hall–Kier alpha value is -2.67. The van der Waals surface area contributed by atoms with Gasteiger partial charge in [0.1, 0.15) is 12.6 Å². The van der Waals surface area contributed by atoms with Crippen LogP contribution in [0.2, 0.25) is 18.1 Å². The van der Waals surface area contributed by atoms with Crippen molar-refractivity contribution in [1.82, 2.24) is 14.5 Å². The lowest BCUT2D eigenvalue weighted by Gasteiger charge is -2.38. The van der Waals surface area contributed by atoms with Crippen LogP contribution in [0.5, 0.6) is 0 Å². The second kappa shape index (κ2) is 11.2. The topological polar surface area (TPSA) is 91.6 Å². The van der Waals surface area contributed by atoms with Gasteiger partial charge in [-0.25, -0.2) is 4.79 Å². The molecular formula is C29H41N3O5Si. The first-order chi connectivity index (χ1) is 17.9. The minimum atomic E-state index is -1.71. The zero-order valence-electron chi connectivity index (χ0n) is 23.6. The zero-order chi connectivity index (χ0) is 27.7. The van der Waals surface area contributed by atoms with Gasteiger partial charge >= 0.3 is 5.69 Å². The molecule has 1 aliphatic carbocycles. The van der Waals surface area contributed by atoms with E-state index in [0.717, 1.165) is 32.3 Å². The van der Waals surface area contributed by atoms with E-state index >= 15 is 0 Å². The molecule has 206 valence electrons. The summed E-state index contributed by atoms with van der Waals surface area (Å²) in [5.41, 5.74) is 1.73. The van der Waals surface area contributed by atoms with Crippen molar-refractivity contribution in [2.75, 3.05) is 13.2 Å². The number of aromatic nitrogens is 2. The molecule has 2 heterocycles. The lowest BCUT2D eigenvalue weighted by atomic mass is 9.88. The molecule has 2 amide bonds. The molecule has 1 saturated heterocycles. The smallest absolute Gasteiger partial charge is 0.329 e. The van der Waals surface area contributed by atoms with Gasteiger partial charge in [0.25, 0.3) is 0 Å². The number of fused-ring (bicyclic) bond motifs is 1. The lowest BCUT2D eigenvalue weighted by molar-refractivity contribution is -0.135. The molecule has 2 aromatic rings. The summed E-state index contributed by atoms with van der Waals surface area (Å²) in [7, 11) is -0.0292. The molecule has 1 aromatic heterocycles. The number of aryl methyl sites for hydroxylation is 1. The molecule has 38 heavy (non-hydrogen) atoms. The van der Waals surface area contributed by atoms with Gasteiger partial charge in [-0.1, -0.05) is 38.7 Å². The number of imidazole rings is 1. The van der Waals surface area contributed by atoms with Crippen molar-refractivity contribution >= 4 is 31.2 Å². The number of ether oxygens (including phenoxy) is 1. The van der Waals surface area contributed by atoms with Gasteiger partial charge in [0, 0.05) is 20.1 Å². The summed E-state index contributed by atoms with van der Waals surface area (Å²) in [6.07, 6.45) is 4.99. The number of rotatable bonds is 6. The zero-order valence-corrected chi connectivity index (χ0v) is 24.6. The number of para-hydroxylation sites is 1. The van der Waals surface area contributed by atoms with Crippen LogP contribution in [0.4, 0.5) is 0 Å². The third-order valence-electron chi connectivity index (χ3n) is 8.52. The molecule has 0 spiro atoms. The maximum absolute atomic E-state index is 13.1. The van der Waals surface area contributed by atoms with Crippen LogP contribution in [0, 0.1) is 17.8 Å². The van der Waals surface area contributed by atoms with Crippen LogP contribution in [0.1, 0.15) is 70.9 Å². The molecule has 0 bridgehead atoms. The predicted molar refractivity (Wildman–Crippen MR) is 150 cm³/mol. The summed E-state index contributed by atoms with van der Waals surface area (Å²) in [6, 6.07) is 4.81. The van der Waals surface area contributed by atoms with Gasteiger partial charge in [0.15, 0.2) is 8.32 Å². The second-order valence-corrected chi connectivity index (χ2v) is 17.0. The number of carbonyl (C=O) groups excluding carboxylic acids is 2. The minimum absolute atomic E-state index is 0.210. The average molecular weight is 540 g/mol. The number of benzene rings is 1. The van der Waals surface area contributed by atoms with Gasteiger partial charge in [-0.3, -0.25) is 24.0 Å². The Morgan fingerprint density at radius 2 is 1.79 bits per heavy atom. The summed E-state index contributed by atoms with van der Waals surface area (Å²) >= 11 is 0. The number of piperidine rings is 1. The highest BCUT2D eigenvalue weighted by Gasteiger charge is 2.38. The Kier molecular flexibility index (Phi) is 8.36. The second-order valence-electron chi connectivity index (χ2n) is 12.2. The van der Waals surface area contributed by atoms with Gasteiger partial charge in [-0.15, -0.1) is 0 Å². The van der Waals surface area contributed by atoms with Crippen molar-refractivity contribution in [2.24, 2.45) is 13.0 Å². The van der Waals surface area contributed by atoms with E-state index in [1.165, 1.54) is 9.13 Å². The van der Waals surface area contributed by atoms with Crippen LogP contribution in [-0.2, 0) is 25.8 Å². The fourth-order valence-corrected chi connectivity index (χ4v) is 6.15. The summed E-state index contributed by atoms with van der Waals surface area (Å²) in [5.74, 6) is 6.15. The summed E-state index contributed by atoms with van der Waals surface area (Å²) in [6.45, 7) is 12.6. The third kappa shape index (κ3) is 5.98. The molecule has 1 aromatic carbocycles. The van der Waals surface area contributed by atoms with E-state index in [0.29, 0.717) is 35.5 Å². The molecule has 1 N–H and O–H groups in total. The van der Waals surface area contributed by atoms with E-state index in [2.05, 4.69) is 51.0 Å². The number of amides is 2. The number of hydrogen-bond donors (Lipinski definition) is 1. The van der Waals surface area contributed by atoms with Crippen LogP contribution < -0.4 is 11.0 Å². The predicted octanol–water partition coefficient (Wildman–Crippen LogP) is 4.27. The average Bonchev–Trinajstić information content (AvgIpc) is 3.11. The van der Waals surface area contributed by atoms with Gasteiger partial charge in [0.05, 0.1) is 22.7 Å². The molecule has 1 atom stereocenters. The van der Waals surface area contributed by atoms with Crippen molar-refractivity contribution < 1.29 is 18.8 Å². The first-order valence-corrected chi connectivity index (χ1v) is 16.6. The highest BCUT2D eigenvalue weighted by atomic mass is 28.4. The van der Waals surface area contributed by atoms with Crippen molar-refractivity contribution in [3.8, 4) is 11.8 Å². The van der Waals surface area contributed by atoms with Crippen LogP contribution in [0.3, 0.4) is 0 Å². The normalized spacial score (nSPS) is 22.7. The van der Waals surface area contributed by atoms with Crippen LogP contribution in [-0.4, -0.2) is 48.6 Å². The molecule has 9 heteroatoms. The monoisotopic (exact) mass is 539 g/mol. The molecule has 2 fully saturated rings. The maximum Gasteiger partial charge on any atom is 0.329 e. The molecule has 4 rings (SSSR count). The van der Waals surface area contributed by atoms with E-state index in [-0.39, 0.29) is 29.2 Å². The molecule has 1 saturated carbocycles. The molecule has 1 unspecified atom stereocenters. The molecule has 1 aliphatic heterocycles. The Balaban J connectivity index is 1.36. The Morgan fingerprint density at radius 3 is 2.45 bits per heavy atom. The van der Waals surface area contributed by atoms with Crippen molar-refractivity contribution in [2.45, 2.75) is 89.6 Å².